The van der Waals surface area contributed by atoms with Crippen molar-refractivity contribution in [3.05, 3.63) is 109 Å². The molecule has 0 aromatic heterocycles. The zero-order valence-electron chi connectivity index (χ0n) is 15.2. The average molecular weight is 383 g/mol. The van der Waals surface area contributed by atoms with Crippen LogP contribution in [0.25, 0.3) is 0 Å². The lowest BCUT2D eigenvalue weighted by Gasteiger charge is -2.11. The molecule has 4 aromatic rings. The molecule has 3 nitrogen and oxygen atoms in total. The third-order valence-electron chi connectivity index (χ3n) is 4.21. The van der Waals surface area contributed by atoms with Crippen molar-refractivity contribution in [3.8, 4) is 23.0 Å². The molecule has 1 N–H and O–H groups in total. The van der Waals surface area contributed by atoms with Crippen LogP contribution in [-0.4, -0.2) is 13.8 Å². The zero-order valence-corrected chi connectivity index (χ0v) is 16.2. The Kier molecular flexibility index (Phi) is 5.52. The normalized spacial score (nSPS) is 10.6. The van der Waals surface area contributed by atoms with E-state index in [4.69, 9.17) is 9.47 Å². The van der Waals surface area contributed by atoms with Gasteiger partial charge in [-0.25, -0.2) is 0 Å². The van der Waals surface area contributed by atoms with Gasteiger partial charge in [-0.05, 0) is 58.9 Å². The third kappa shape index (κ3) is 4.49. The molecule has 0 fully saturated rings. The topological polar surface area (TPSA) is 38.7 Å². The first-order chi connectivity index (χ1) is 13.8. The summed E-state index contributed by atoms with van der Waals surface area (Å²) in [5, 5.41) is 1.81. The number of rotatable bonds is 6. The Bertz CT molecular complexity index is 916. The number of hydrogen-bond acceptors (Lipinski definition) is 3. The van der Waals surface area contributed by atoms with Crippen LogP contribution in [0.2, 0.25) is 0 Å². The first-order valence-electron chi connectivity index (χ1n) is 9.00. The number of para-hydroxylation sites is 2. The van der Waals surface area contributed by atoms with Crippen LogP contribution in [0.3, 0.4) is 0 Å². The highest BCUT2D eigenvalue weighted by Crippen LogP contribution is 2.20. The lowest BCUT2D eigenvalue weighted by molar-refractivity contribution is 0.482. The largest absolute Gasteiger partial charge is 0.457 e. The predicted octanol–water partition coefficient (Wildman–Crippen LogP) is 4.37. The van der Waals surface area contributed by atoms with Gasteiger partial charge in [0.05, 0.1) is 0 Å². The van der Waals surface area contributed by atoms with Gasteiger partial charge in [0.2, 0.25) is 0 Å². The van der Waals surface area contributed by atoms with Crippen LogP contribution in [-0.2, 0) is 0 Å². The molecule has 0 aliphatic heterocycles. The van der Waals surface area contributed by atoms with Crippen molar-refractivity contribution in [3.63, 3.8) is 0 Å². The Morgan fingerprint density at radius 3 is 1.11 bits per heavy atom. The molecule has 0 atom stereocenters. The summed E-state index contributed by atoms with van der Waals surface area (Å²) in [6, 6.07) is 34.5. The maximum atomic E-state index is 10.8. The second-order valence-electron chi connectivity index (χ2n) is 6.23. The first kappa shape index (κ1) is 18.0. The number of benzene rings is 4. The van der Waals surface area contributed by atoms with Crippen molar-refractivity contribution in [2.45, 2.75) is 0 Å². The van der Waals surface area contributed by atoms with Crippen molar-refractivity contribution < 1.29 is 14.3 Å². The molecule has 4 aromatic carbocycles. The zero-order chi connectivity index (χ0) is 19.2. The molecule has 0 saturated carbocycles. The van der Waals surface area contributed by atoms with Gasteiger partial charge < -0.3 is 14.3 Å². The van der Waals surface area contributed by atoms with E-state index in [-0.39, 0.29) is 0 Å². The fourth-order valence-corrected chi connectivity index (χ4v) is 4.08. The Labute approximate surface area is 166 Å². The second kappa shape index (κ2) is 8.56. The van der Waals surface area contributed by atoms with E-state index in [1.54, 1.807) is 0 Å². The van der Waals surface area contributed by atoms with Gasteiger partial charge in [0, 0.05) is 0 Å². The van der Waals surface area contributed by atoms with Gasteiger partial charge in [0.15, 0.2) is 0 Å². The molecule has 4 heteroatoms. The Hall–Kier alpha value is -3.34. The molecule has 0 aliphatic rings. The van der Waals surface area contributed by atoms with Crippen molar-refractivity contribution in [1.82, 2.24) is 0 Å². The summed E-state index contributed by atoms with van der Waals surface area (Å²) in [6.07, 6.45) is 0. The molecule has 0 amide bonds. The number of ether oxygens (including phenoxy) is 2. The molecule has 0 spiro atoms. The SMILES string of the molecule is O[Si](c1ccc(Oc2ccccc2)cc1)c1ccc(Oc2ccccc2)cc1. The Morgan fingerprint density at radius 2 is 0.750 bits per heavy atom. The van der Waals surface area contributed by atoms with Crippen molar-refractivity contribution in [1.29, 1.82) is 0 Å². The molecule has 1 radical (unpaired) electrons. The van der Waals surface area contributed by atoms with Gasteiger partial charge in [0.25, 0.3) is 9.04 Å². The second-order valence-corrected chi connectivity index (χ2v) is 8.08. The first-order valence-corrected chi connectivity index (χ1v) is 10.5. The lowest BCUT2D eigenvalue weighted by Crippen LogP contribution is -2.42. The standard InChI is InChI=1S/C24H19O3Si/c25-28(23-15-11-21(12-16-23)26-19-7-3-1-4-8-19)24-17-13-22(14-18-24)27-20-9-5-2-6-10-20/h1-18,25H. The quantitative estimate of drug-likeness (QED) is 0.503. The minimum Gasteiger partial charge on any atom is -0.457 e. The van der Waals surface area contributed by atoms with Gasteiger partial charge in [-0.3, -0.25) is 0 Å². The van der Waals surface area contributed by atoms with E-state index < -0.39 is 9.04 Å². The summed E-state index contributed by atoms with van der Waals surface area (Å²) in [5.74, 6) is 3.07. The molecular formula is C24H19O3Si. The van der Waals surface area contributed by atoms with E-state index in [0.29, 0.717) is 0 Å². The van der Waals surface area contributed by atoms with E-state index in [0.717, 1.165) is 33.4 Å². The fraction of sp³-hybridized carbons (Fsp3) is 0. The van der Waals surface area contributed by atoms with Crippen LogP contribution in [0.15, 0.2) is 109 Å². The summed E-state index contributed by atoms with van der Waals surface area (Å²) in [4.78, 5) is 10.8. The van der Waals surface area contributed by atoms with Gasteiger partial charge in [-0.15, -0.1) is 0 Å². The minimum absolute atomic E-state index is 0.747. The number of hydrogen-bond donors (Lipinski definition) is 1. The summed E-state index contributed by atoms with van der Waals surface area (Å²) in [6.45, 7) is 0. The third-order valence-corrected chi connectivity index (χ3v) is 5.97. The highest BCUT2D eigenvalue weighted by atomic mass is 28.3. The molecular weight excluding hydrogens is 364 g/mol. The minimum atomic E-state index is -1.83. The van der Waals surface area contributed by atoms with E-state index in [9.17, 15) is 4.80 Å². The monoisotopic (exact) mass is 383 g/mol. The molecule has 0 unspecified atom stereocenters. The Morgan fingerprint density at radius 1 is 0.429 bits per heavy atom. The molecule has 4 rings (SSSR count). The van der Waals surface area contributed by atoms with E-state index in [1.165, 1.54) is 0 Å². The van der Waals surface area contributed by atoms with E-state index in [2.05, 4.69) is 0 Å². The highest BCUT2D eigenvalue weighted by molar-refractivity contribution is 6.78. The lowest BCUT2D eigenvalue weighted by atomic mass is 10.3. The van der Waals surface area contributed by atoms with Crippen molar-refractivity contribution in [2.24, 2.45) is 0 Å². The maximum Gasteiger partial charge on any atom is 0.280 e. The molecule has 0 bridgehead atoms. The van der Waals surface area contributed by atoms with Crippen LogP contribution in [0.5, 0.6) is 23.0 Å². The van der Waals surface area contributed by atoms with Crippen LogP contribution < -0.4 is 19.8 Å². The van der Waals surface area contributed by atoms with Crippen LogP contribution >= 0.6 is 0 Å². The summed E-state index contributed by atoms with van der Waals surface area (Å²) < 4.78 is 11.6. The molecule has 0 aliphatic carbocycles. The van der Waals surface area contributed by atoms with Crippen molar-refractivity contribution >= 4 is 19.4 Å². The molecule has 0 heterocycles. The summed E-state index contributed by atoms with van der Waals surface area (Å²) in [7, 11) is -1.83. The van der Waals surface area contributed by atoms with Crippen LogP contribution in [0.1, 0.15) is 0 Å². The van der Waals surface area contributed by atoms with Gasteiger partial charge in [-0.2, -0.15) is 0 Å². The van der Waals surface area contributed by atoms with Crippen molar-refractivity contribution in [2.75, 3.05) is 0 Å². The van der Waals surface area contributed by atoms with E-state index in [1.807, 2.05) is 109 Å². The molecule has 137 valence electrons. The van der Waals surface area contributed by atoms with Gasteiger partial charge in [-0.1, -0.05) is 60.7 Å². The highest BCUT2D eigenvalue weighted by Gasteiger charge is 2.15. The average Bonchev–Trinajstić information content (AvgIpc) is 2.76. The van der Waals surface area contributed by atoms with Gasteiger partial charge in [0.1, 0.15) is 23.0 Å². The predicted molar refractivity (Wildman–Crippen MR) is 113 cm³/mol. The van der Waals surface area contributed by atoms with Crippen LogP contribution in [0, 0.1) is 0 Å². The summed E-state index contributed by atoms with van der Waals surface area (Å²) >= 11 is 0. The Balaban J connectivity index is 1.43. The van der Waals surface area contributed by atoms with Gasteiger partial charge >= 0.3 is 0 Å². The fourth-order valence-electron chi connectivity index (χ4n) is 2.78. The molecule has 0 saturated heterocycles. The smallest absolute Gasteiger partial charge is 0.280 e. The van der Waals surface area contributed by atoms with E-state index >= 15 is 0 Å². The maximum absolute atomic E-state index is 10.8. The molecule has 28 heavy (non-hydrogen) atoms. The van der Waals surface area contributed by atoms with Crippen LogP contribution in [0.4, 0.5) is 0 Å². The summed E-state index contributed by atoms with van der Waals surface area (Å²) in [5.41, 5.74) is 0.